The zero-order chi connectivity index (χ0) is 16.6. The van der Waals surface area contributed by atoms with Crippen LogP contribution in [0.3, 0.4) is 0 Å². The highest BCUT2D eigenvalue weighted by Gasteiger charge is 2.11. The van der Waals surface area contributed by atoms with Gasteiger partial charge in [-0.25, -0.2) is 0 Å². The van der Waals surface area contributed by atoms with Gasteiger partial charge in [-0.2, -0.15) is 0 Å². The number of likely N-dealkylation sites (tertiary alicyclic amines) is 1. The molecule has 1 aliphatic rings. The molecule has 2 heterocycles. The molecule has 0 unspecified atom stereocenters. The van der Waals surface area contributed by atoms with Crippen LogP contribution in [-0.2, 0) is 11.3 Å². The fraction of sp³-hybridized carbons (Fsp3) is 0.421. The Labute approximate surface area is 143 Å². The predicted molar refractivity (Wildman–Crippen MR) is 96.0 cm³/mol. The number of piperidine rings is 1. The molecule has 1 amide bonds. The zero-order valence-electron chi connectivity index (χ0n) is 14.0. The van der Waals surface area contributed by atoms with Gasteiger partial charge in [0, 0.05) is 24.3 Å². The van der Waals surface area contributed by atoms with Crippen molar-refractivity contribution >= 4 is 17.3 Å². The van der Waals surface area contributed by atoms with Crippen LogP contribution in [0.1, 0.15) is 31.4 Å². The summed E-state index contributed by atoms with van der Waals surface area (Å²) in [6.45, 7) is 3.72. The SMILES string of the molecule is O=C(CCN1CCCCC1)Nc1cccc(NCc2ccco2)c1. The summed E-state index contributed by atoms with van der Waals surface area (Å²) in [6, 6.07) is 11.6. The van der Waals surface area contributed by atoms with Gasteiger partial charge in [0.15, 0.2) is 0 Å². The van der Waals surface area contributed by atoms with Crippen molar-refractivity contribution in [2.24, 2.45) is 0 Å². The fourth-order valence-electron chi connectivity index (χ4n) is 2.98. The molecule has 3 rings (SSSR count). The molecule has 2 N–H and O–H groups in total. The second-order valence-electron chi connectivity index (χ2n) is 6.21. The van der Waals surface area contributed by atoms with Crippen LogP contribution >= 0.6 is 0 Å². The second-order valence-corrected chi connectivity index (χ2v) is 6.21. The molecule has 5 nitrogen and oxygen atoms in total. The number of carbonyl (C=O) groups is 1. The summed E-state index contributed by atoms with van der Waals surface area (Å²) in [5.41, 5.74) is 1.78. The Morgan fingerprint density at radius 1 is 1.08 bits per heavy atom. The molecule has 1 saturated heterocycles. The van der Waals surface area contributed by atoms with Gasteiger partial charge in [-0.1, -0.05) is 12.5 Å². The van der Waals surface area contributed by atoms with E-state index in [-0.39, 0.29) is 5.91 Å². The number of rotatable bonds is 7. The van der Waals surface area contributed by atoms with E-state index in [1.165, 1.54) is 19.3 Å². The topological polar surface area (TPSA) is 57.5 Å². The van der Waals surface area contributed by atoms with E-state index < -0.39 is 0 Å². The summed E-state index contributed by atoms with van der Waals surface area (Å²) in [6.07, 6.45) is 6.04. The molecule has 0 saturated carbocycles. The first-order valence-corrected chi connectivity index (χ1v) is 8.68. The minimum atomic E-state index is 0.0729. The number of hydrogen-bond acceptors (Lipinski definition) is 4. The maximum atomic E-state index is 12.1. The molecule has 2 aromatic rings. The van der Waals surface area contributed by atoms with Crippen molar-refractivity contribution in [3.63, 3.8) is 0 Å². The van der Waals surface area contributed by atoms with Crippen LogP contribution in [0.2, 0.25) is 0 Å². The van der Waals surface area contributed by atoms with Gasteiger partial charge in [0.2, 0.25) is 5.91 Å². The monoisotopic (exact) mass is 327 g/mol. The van der Waals surface area contributed by atoms with Crippen LogP contribution in [0.4, 0.5) is 11.4 Å². The number of amides is 1. The molecule has 0 atom stereocenters. The molecular weight excluding hydrogens is 302 g/mol. The molecule has 24 heavy (non-hydrogen) atoms. The van der Waals surface area contributed by atoms with E-state index in [1.807, 2.05) is 36.4 Å². The van der Waals surface area contributed by atoms with E-state index in [0.29, 0.717) is 13.0 Å². The van der Waals surface area contributed by atoms with Crippen molar-refractivity contribution in [3.8, 4) is 0 Å². The average Bonchev–Trinajstić information content (AvgIpc) is 3.13. The van der Waals surface area contributed by atoms with Crippen molar-refractivity contribution in [1.82, 2.24) is 4.90 Å². The van der Waals surface area contributed by atoms with Gasteiger partial charge in [-0.15, -0.1) is 0 Å². The fourth-order valence-corrected chi connectivity index (χ4v) is 2.98. The largest absolute Gasteiger partial charge is 0.467 e. The molecule has 128 valence electrons. The molecule has 1 aliphatic heterocycles. The predicted octanol–water partition coefficient (Wildman–Crippen LogP) is 3.71. The van der Waals surface area contributed by atoms with Gasteiger partial charge < -0.3 is 20.0 Å². The smallest absolute Gasteiger partial charge is 0.225 e. The molecule has 0 radical (unpaired) electrons. The molecule has 1 aromatic carbocycles. The Morgan fingerprint density at radius 2 is 1.92 bits per heavy atom. The van der Waals surface area contributed by atoms with Crippen LogP contribution < -0.4 is 10.6 Å². The van der Waals surface area contributed by atoms with Crippen molar-refractivity contribution < 1.29 is 9.21 Å². The van der Waals surface area contributed by atoms with Crippen LogP contribution in [0.5, 0.6) is 0 Å². The summed E-state index contributed by atoms with van der Waals surface area (Å²) >= 11 is 0. The summed E-state index contributed by atoms with van der Waals surface area (Å²) < 4.78 is 5.30. The van der Waals surface area contributed by atoms with E-state index in [2.05, 4.69) is 15.5 Å². The maximum absolute atomic E-state index is 12.1. The first kappa shape index (κ1) is 16.6. The normalized spacial score (nSPS) is 15.2. The van der Waals surface area contributed by atoms with Crippen molar-refractivity contribution in [1.29, 1.82) is 0 Å². The lowest BCUT2D eigenvalue weighted by atomic mass is 10.1. The standard InChI is InChI=1S/C19H25N3O2/c23-19(9-12-22-10-2-1-3-11-22)21-17-7-4-6-16(14-17)20-15-18-8-5-13-24-18/h4-8,13-14,20H,1-3,9-12,15H2,(H,21,23). The first-order chi connectivity index (χ1) is 11.8. The highest BCUT2D eigenvalue weighted by molar-refractivity contribution is 5.91. The highest BCUT2D eigenvalue weighted by atomic mass is 16.3. The Kier molecular flexibility index (Phi) is 5.90. The first-order valence-electron chi connectivity index (χ1n) is 8.68. The quantitative estimate of drug-likeness (QED) is 0.814. The van der Waals surface area contributed by atoms with Crippen molar-refractivity contribution in [2.75, 3.05) is 30.3 Å². The number of nitrogens with one attached hydrogen (secondary N) is 2. The van der Waals surface area contributed by atoms with E-state index >= 15 is 0 Å². The average molecular weight is 327 g/mol. The third-order valence-electron chi connectivity index (χ3n) is 4.30. The van der Waals surface area contributed by atoms with Crippen molar-refractivity contribution in [2.45, 2.75) is 32.2 Å². The van der Waals surface area contributed by atoms with E-state index in [4.69, 9.17) is 4.42 Å². The molecule has 0 spiro atoms. The molecule has 1 aromatic heterocycles. The maximum Gasteiger partial charge on any atom is 0.225 e. The van der Waals surface area contributed by atoms with Gasteiger partial charge in [0.1, 0.15) is 5.76 Å². The lowest BCUT2D eigenvalue weighted by molar-refractivity contribution is -0.116. The Bertz CT molecular complexity index is 634. The van der Waals surface area contributed by atoms with Gasteiger partial charge in [0.25, 0.3) is 0 Å². The van der Waals surface area contributed by atoms with Gasteiger partial charge in [0.05, 0.1) is 12.8 Å². The third kappa shape index (κ3) is 5.13. The Morgan fingerprint density at radius 3 is 2.71 bits per heavy atom. The van der Waals surface area contributed by atoms with Crippen LogP contribution in [0, 0.1) is 0 Å². The third-order valence-corrected chi connectivity index (χ3v) is 4.30. The Hall–Kier alpha value is -2.27. The van der Waals surface area contributed by atoms with Crippen LogP contribution in [-0.4, -0.2) is 30.4 Å². The second kappa shape index (κ2) is 8.55. The number of nitrogens with zero attached hydrogens (tertiary/aromatic N) is 1. The summed E-state index contributed by atoms with van der Waals surface area (Å²) in [4.78, 5) is 14.5. The van der Waals surface area contributed by atoms with Crippen LogP contribution in [0.15, 0.2) is 47.1 Å². The minimum Gasteiger partial charge on any atom is -0.467 e. The van der Waals surface area contributed by atoms with Crippen molar-refractivity contribution in [3.05, 3.63) is 48.4 Å². The van der Waals surface area contributed by atoms with Crippen LogP contribution in [0.25, 0.3) is 0 Å². The Balaban J connectivity index is 1.45. The molecule has 0 bridgehead atoms. The molecule has 1 fully saturated rings. The summed E-state index contributed by atoms with van der Waals surface area (Å²) in [5, 5.41) is 6.28. The number of benzene rings is 1. The molecular formula is C19H25N3O2. The summed E-state index contributed by atoms with van der Waals surface area (Å²) in [7, 11) is 0. The summed E-state index contributed by atoms with van der Waals surface area (Å²) in [5.74, 6) is 0.953. The van der Waals surface area contributed by atoms with E-state index in [1.54, 1.807) is 6.26 Å². The highest BCUT2D eigenvalue weighted by Crippen LogP contribution is 2.17. The van der Waals surface area contributed by atoms with Gasteiger partial charge in [-0.3, -0.25) is 4.79 Å². The van der Waals surface area contributed by atoms with E-state index in [0.717, 1.165) is 36.8 Å². The molecule has 5 heteroatoms. The lowest BCUT2D eigenvalue weighted by Crippen LogP contribution is -2.32. The van der Waals surface area contributed by atoms with Gasteiger partial charge >= 0.3 is 0 Å². The molecule has 0 aliphatic carbocycles. The zero-order valence-corrected chi connectivity index (χ0v) is 14.0. The van der Waals surface area contributed by atoms with Gasteiger partial charge in [-0.05, 0) is 56.3 Å². The number of carbonyl (C=O) groups excluding carboxylic acids is 1. The number of hydrogen-bond donors (Lipinski definition) is 2. The van der Waals surface area contributed by atoms with E-state index in [9.17, 15) is 4.79 Å². The minimum absolute atomic E-state index is 0.0729. The number of furan rings is 1. The lowest BCUT2D eigenvalue weighted by Gasteiger charge is -2.25. The number of anilines is 2.